The highest BCUT2D eigenvalue weighted by molar-refractivity contribution is 5.92. The lowest BCUT2D eigenvalue weighted by Crippen LogP contribution is -2.35. The summed E-state index contributed by atoms with van der Waals surface area (Å²) in [5.41, 5.74) is -0.772. The Morgan fingerprint density at radius 1 is 1.29 bits per heavy atom. The maximum Gasteiger partial charge on any atom is 0.416 e. The van der Waals surface area contributed by atoms with Crippen LogP contribution in [-0.2, 0) is 15.7 Å². The first kappa shape index (κ1) is 16.8. The number of ether oxygens (including phenoxy) is 1. The number of rotatable bonds is 2. The minimum Gasteiger partial charge on any atom is -0.488 e. The molecule has 2 atom stereocenters. The predicted molar refractivity (Wildman–Crippen MR) is 79.8 cm³/mol. The molecule has 0 saturated carbocycles. The number of benzene rings is 1. The topological polar surface area (TPSA) is 49.8 Å². The van der Waals surface area contributed by atoms with Crippen LogP contribution in [0.5, 0.6) is 0 Å². The first-order valence-electron chi connectivity index (χ1n) is 7.86. The molecule has 1 N–H and O–H groups in total. The van der Waals surface area contributed by atoms with Crippen LogP contribution in [0.25, 0.3) is 0 Å². The molecule has 1 aromatic rings. The zero-order chi connectivity index (χ0) is 17.3. The van der Waals surface area contributed by atoms with Gasteiger partial charge in [-0.1, -0.05) is 18.2 Å². The third-order valence-electron chi connectivity index (χ3n) is 4.31. The van der Waals surface area contributed by atoms with Gasteiger partial charge in [-0.2, -0.15) is 13.2 Å². The number of carbonyl (C=O) groups is 1. The van der Waals surface area contributed by atoms with Crippen LogP contribution in [0.1, 0.15) is 36.4 Å². The van der Waals surface area contributed by atoms with E-state index in [1.165, 1.54) is 23.1 Å². The molecular formula is C17H18F3NO3. The molecule has 0 bridgehead atoms. The largest absolute Gasteiger partial charge is 0.488 e. The van der Waals surface area contributed by atoms with E-state index < -0.39 is 29.8 Å². The van der Waals surface area contributed by atoms with Gasteiger partial charge in [0.15, 0.2) is 5.76 Å². The molecule has 1 fully saturated rings. The third-order valence-corrected chi connectivity index (χ3v) is 4.31. The van der Waals surface area contributed by atoms with Crippen molar-refractivity contribution in [3.8, 4) is 0 Å². The van der Waals surface area contributed by atoms with Gasteiger partial charge in [0, 0.05) is 6.54 Å². The number of aliphatic hydroxyl groups excluding tert-OH is 1. The van der Waals surface area contributed by atoms with Gasteiger partial charge in [-0.05, 0) is 37.0 Å². The molecule has 2 aliphatic rings. The summed E-state index contributed by atoms with van der Waals surface area (Å²) in [4.78, 5) is 13.9. The quantitative estimate of drug-likeness (QED) is 0.900. The Morgan fingerprint density at radius 2 is 2.04 bits per heavy atom. The molecule has 4 nitrogen and oxygen atoms in total. The number of amides is 1. The van der Waals surface area contributed by atoms with E-state index in [-0.39, 0.29) is 24.3 Å². The summed E-state index contributed by atoms with van der Waals surface area (Å²) in [6, 6.07) is 4.36. The molecule has 1 aromatic carbocycles. The van der Waals surface area contributed by atoms with Crippen LogP contribution in [0.3, 0.4) is 0 Å². The Labute approximate surface area is 137 Å². The van der Waals surface area contributed by atoms with Gasteiger partial charge in [-0.15, -0.1) is 0 Å². The number of aliphatic hydroxyl groups is 1. The van der Waals surface area contributed by atoms with Crippen LogP contribution in [-0.4, -0.2) is 35.2 Å². The van der Waals surface area contributed by atoms with Crippen LogP contribution < -0.4 is 0 Å². The van der Waals surface area contributed by atoms with Gasteiger partial charge in [0.1, 0.15) is 0 Å². The SMILES string of the molecule is O=C(C1=CCCCO1)N1C[C@@H](O)C[C@H]1c1ccccc1C(F)(F)F. The molecule has 24 heavy (non-hydrogen) atoms. The Bertz CT molecular complexity index is 657. The number of halogens is 3. The lowest BCUT2D eigenvalue weighted by molar-refractivity contribution is -0.140. The highest BCUT2D eigenvalue weighted by Crippen LogP contribution is 2.41. The molecule has 0 aromatic heterocycles. The summed E-state index contributed by atoms with van der Waals surface area (Å²) in [5.74, 6) is -0.307. The fourth-order valence-corrected chi connectivity index (χ4v) is 3.23. The molecule has 1 amide bonds. The van der Waals surface area contributed by atoms with Gasteiger partial charge < -0.3 is 14.7 Å². The van der Waals surface area contributed by atoms with Gasteiger partial charge in [0.2, 0.25) is 0 Å². The van der Waals surface area contributed by atoms with Crippen LogP contribution in [0, 0.1) is 0 Å². The maximum absolute atomic E-state index is 13.3. The van der Waals surface area contributed by atoms with Crippen molar-refractivity contribution in [2.45, 2.75) is 37.6 Å². The number of carbonyl (C=O) groups excluding carboxylic acids is 1. The number of alkyl halides is 3. The molecule has 0 aliphatic carbocycles. The van der Waals surface area contributed by atoms with Crippen LogP contribution >= 0.6 is 0 Å². The first-order valence-corrected chi connectivity index (χ1v) is 7.86. The molecular weight excluding hydrogens is 323 g/mol. The Kier molecular flexibility index (Phi) is 4.54. The number of hydrogen-bond donors (Lipinski definition) is 1. The fraction of sp³-hybridized carbons (Fsp3) is 0.471. The van der Waals surface area contributed by atoms with E-state index >= 15 is 0 Å². The summed E-state index contributed by atoms with van der Waals surface area (Å²) in [6.07, 6.45) is -2.14. The first-order chi connectivity index (χ1) is 11.4. The van der Waals surface area contributed by atoms with Gasteiger partial charge in [0.05, 0.1) is 24.3 Å². The summed E-state index contributed by atoms with van der Waals surface area (Å²) < 4.78 is 45.2. The monoisotopic (exact) mass is 341 g/mol. The Hall–Kier alpha value is -2.02. The average Bonchev–Trinajstić information content (AvgIpc) is 2.96. The van der Waals surface area contributed by atoms with Crippen molar-refractivity contribution in [2.24, 2.45) is 0 Å². The van der Waals surface area contributed by atoms with Gasteiger partial charge >= 0.3 is 6.18 Å². The number of β-amino-alcohol motifs (C(OH)–C–C–N with tert-alkyl or cyclic N) is 1. The molecule has 0 radical (unpaired) electrons. The van der Waals surface area contributed by atoms with Crippen molar-refractivity contribution in [1.29, 1.82) is 0 Å². The van der Waals surface area contributed by atoms with Crippen molar-refractivity contribution >= 4 is 5.91 Å². The van der Waals surface area contributed by atoms with Crippen molar-refractivity contribution in [2.75, 3.05) is 13.2 Å². The van der Waals surface area contributed by atoms with E-state index in [1.54, 1.807) is 6.08 Å². The van der Waals surface area contributed by atoms with Crippen molar-refractivity contribution in [3.05, 3.63) is 47.2 Å². The summed E-state index contributed by atoms with van der Waals surface area (Å²) in [6.45, 7) is 0.411. The fourth-order valence-electron chi connectivity index (χ4n) is 3.23. The molecule has 0 unspecified atom stereocenters. The number of likely N-dealkylation sites (tertiary alicyclic amines) is 1. The van der Waals surface area contributed by atoms with E-state index in [9.17, 15) is 23.1 Å². The van der Waals surface area contributed by atoms with Gasteiger partial charge in [-0.3, -0.25) is 4.79 Å². The number of nitrogens with zero attached hydrogens (tertiary/aromatic N) is 1. The lowest BCUT2D eigenvalue weighted by Gasteiger charge is -2.28. The van der Waals surface area contributed by atoms with E-state index in [0.717, 1.165) is 12.5 Å². The van der Waals surface area contributed by atoms with E-state index in [1.807, 2.05) is 0 Å². The van der Waals surface area contributed by atoms with E-state index in [4.69, 9.17) is 4.74 Å². The Balaban J connectivity index is 1.94. The number of allylic oxidation sites excluding steroid dienone is 1. The summed E-state index contributed by atoms with van der Waals surface area (Å²) in [7, 11) is 0. The smallest absolute Gasteiger partial charge is 0.416 e. The van der Waals surface area contributed by atoms with E-state index in [0.29, 0.717) is 13.0 Å². The summed E-state index contributed by atoms with van der Waals surface area (Å²) >= 11 is 0. The second-order valence-electron chi connectivity index (χ2n) is 6.01. The van der Waals surface area contributed by atoms with Crippen molar-refractivity contribution in [1.82, 2.24) is 4.90 Å². The highest BCUT2D eigenvalue weighted by Gasteiger charge is 2.42. The molecule has 1 saturated heterocycles. The van der Waals surface area contributed by atoms with Gasteiger partial charge in [-0.25, -0.2) is 0 Å². The third kappa shape index (κ3) is 3.26. The highest BCUT2D eigenvalue weighted by atomic mass is 19.4. The molecule has 7 heteroatoms. The second kappa shape index (κ2) is 6.47. The van der Waals surface area contributed by atoms with Crippen LogP contribution in [0.4, 0.5) is 13.2 Å². The van der Waals surface area contributed by atoms with Crippen LogP contribution in [0.2, 0.25) is 0 Å². The minimum atomic E-state index is -4.51. The van der Waals surface area contributed by atoms with Crippen molar-refractivity contribution in [3.63, 3.8) is 0 Å². The molecule has 130 valence electrons. The predicted octanol–water partition coefficient (Wildman–Crippen LogP) is 3.03. The normalized spacial score (nSPS) is 24.5. The summed E-state index contributed by atoms with van der Waals surface area (Å²) in [5, 5.41) is 9.94. The van der Waals surface area contributed by atoms with E-state index in [2.05, 4.69) is 0 Å². The second-order valence-corrected chi connectivity index (χ2v) is 6.01. The zero-order valence-electron chi connectivity index (χ0n) is 12.9. The molecule has 0 spiro atoms. The van der Waals surface area contributed by atoms with Crippen LogP contribution in [0.15, 0.2) is 36.1 Å². The molecule has 3 rings (SSSR count). The molecule has 2 aliphatic heterocycles. The zero-order valence-corrected chi connectivity index (χ0v) is 12.9. The standard InChI is InChI=1S/C17H18F3NO3/c18-17(19,20)13-6-2-1-5-12(13)14-9-11(22)10-21(14)16(23)15-7-3-4-8-24-15/h1-2,5-7,11,14,22H,3-4,8-10H2/t11-,14-/m0/s1. The molecule has 2 heterocycles. The average molecular weight is 341 g/mol. The lowest BCUT2D eigenvalue weighted by atomic mass is 9.97. The Morgan fingerprint density at radius 3 is 2.71 bits per heavy atom. The number of hydrogen-bond acceptors (Lipinski definition) is 3. The van der Waals surface area contributed by atoms with Crippen molar-refractivity contribution < 1.29 is 27.8 Å². The maximum atomic E-state index is 13.3. The van der Waals surface area contributed by atoms with Gasteiger partial charge in [0.25, 0.3) is 5.91 Å². The minimum absolute atomic E-state index is 0.00358.